The van der Waals surface area contributed by atoms with Gasteiger partial charge in [-0.2, -0.15) is 0 Å². The number of hydrogen-bond donors (Lipinski definition) is 1. The third-order valence-corrected chi connectivity index (χ3v) is 7.55. The van der Waals surface area contributed by atoms with E-state index < -0.39 is 0 Å². The summed E-state index contributed by atoms with van der Waals surface area (Å²) in [7, 11) is 0. The number of amides is 2. The molecule has 0 radical (unpaired) electrons. The molecule has 0 unspecified atom stereocenters. The molecular weight excluding hydrogens is 436 g/mol. The maximum Gasteiger partial charge on any atom is 0.225 e. The molecule has 5 rings (SSSR count). The van der Waals surface area contributed by atoms with Crippen LogP contribution in [0.3, 0.4) is 0 Å². The van der Waals surface area contributed by atoms with E-state index in [4.69, 9.17) is 0 Å². The second kappa shape index (κ2) is 11.0. The minimum atomic E-state index is -0.0123. The van der Waals surface area contributed by atoms with Gasteiger partial charge >= 0.3 is 0 Å². The number of carbonyl (C=O) groups is 2. The first-order valence-electron chi connectivity index (χ1n) is 12.8. The third kappa shape index (κ3) is 5.88. The van der Waals surface area contributed by atoms with Gasteiger partial charge in [0.1, 0.15) is 0 Å². The quantitative estimate of drug-likeness (QED) is 0.591. The lowest BCUT2D eigenvalue weighted by atomic mass is 9.91. The number of likely N-dealkylation sites (tertiary alicyclic amines) is 2. The Hall–Kier alpha value is -3.25. The highest BCUT2D eigenvalue weighted by molar-refractivity contribution is 5.83. The molecule has 0 aliphatic carbocycles. The van der Waals surface area contributed by atoms with Crippen LogP contribution in [0.5, 0.6) is 0 Å². The molecule has 2 aromatic carbocycles. The molecule has 6 heteroatoms. The largest absolute Gasteiger partial charge is 0.352 e. The summed E-state index contributed by atoms with van der Waals surface area (Å²) in [5.41, 5.74) is 2.38. The predicted octanol–water partition coefficient (Wildman–Crippen LogP) is 4.00. The Morgan fingerprint density at radius 1 is 0.800 bits per heavy atom. The summed E-state index contributed by atoms with van der Waals surface area (Å²) in [5.74, 6) is 0.488. The van der Waals surface area contributed by atoms with E-state index in [1.54, 1.807) is 0 Å². The van der Waals surface area contributed by atoms with Crippen molar-refractivity contribution in [1.29, 1.82) is 0 Å². The number of pyridine rings is 1. The van der Waals surface area contributed by atoms with Crippen molar-refractivity contribution in [3.8, 4) is 0 Å². The summed E-state index contributed by atoms with van der Waals surface area (Å²) in [4.78, 5) is 34.4. The highest BCUT2D eigenvalue weighted by Crippen LogP contribution is 2.25. The first-order valence-corrected chi connectivity index (χ1v) is 12.8. The maximum absolute atomic E-state index is 13.1. The molecule has 2 aliphatic rings. The maximum atomic E-state index is 13.1. The fourth-order valence-corrected chi connectivity index (χ4v) is 5.39. The Balaban J connectivity index is 1.05. The molecule has 1 N–H and O–H groups in total. The van der Waals surface area contributed by atoms with Gasteiger partial charge in [0.05, 0.1) is 0 Å². The molecule has 0 atom stereocenters. The average Bonchev–Trinajstić information content (AvgIpc) is 2.92. The summed E-state index contributed by atoms with van der Waals surface area (Å²) in [6.07, 6.45) is 6.98. The van der Waals surface area contributed by atoms with Gasteiger partial charge in [-0.05, 0) is 78.9 Å². The number of piperidine rings is 2. The monoisotopic (exact) mass is 470 g/mol. The molecule has 35 heavy (non-hydrogen) atoms. The van der Waals surface area contributed by atoms with Gasteiger partial charge in [0, 0.05) is 50.4 Å². The summed E-state index contributed by atoms with van der Waals surface area (Å²) in [6.45, 7) is 4.73. The van der Waals surface area contributed by atoms with E-state index in [-0.39, 0.29) is 23.7 Å². The number of fused-ring (bicyclic) bond motifs is 1. The van der Waals surface area contributed by atoms with Crippen LogP contribution in [0.2, 0.25) is 0 Å². The lowest BCUT2D eigenvalue weighted by Gasteiger charge is -2.37. The van der Waals surface area contributed by atoms with Gasteiger partial charge in [-0.3, -0.25) is 19.5 Å². The number of carbonyl (C=O) groups excluding carboxylic acids is 2. The SMILES string of the molecule is O=C(NCc1ccc2ccccc2c1)C1CCN(C(=O)C2CCN(Cc3ccncc3)CC2)CC1. The number of nitrogens with zero attached hydrogens (tertiary/aromatic N) is 3. The number of rotatable bonds is 6. The van der Waals surface area contributed by atoms with Crippen molar-refractivity contribution in [1.82, 2.24) is 20.1 Å². The van der Waals surface area contributed by atoms with Gasteiger partial charge < -0.3 is 10.2 Å². The molecule has 6 nitrogen and oxygen atoms in total. The average molecular weight is 471 g/mol. The van der Waals surface area contributed by atoms with Gasteiger partial charge in [-0.25, -0.2) is 0 Å². The number of aromatic nitrogens is 1. The molecule has 3 heterocycles. The lowest BCUT2D eigenvalue weighted by molar-refractivity contribution is -0.140. The first kappa shape index (κ1) is 23.5. The van der Waals surface area contributed by atoms with Crippen molar-refractivity contribution in [2.24, 2.45) is 11.8 Å². The van der Waals surface area contributed by atoms with Crippen LogP contribution in [0, 0.1) is 11.8 Å². The fraction of sp³-hybridized carbons (Fsp3) is 0.414. The molecule has 182 valence electrons. The molecule has 0 saturated carbocycles. The molecular formula is C29H34N4O2. The van der Waals surface area contributed by atoms with Gasteiger partial charge in [0.2, 0.25) is 11.8 Å². The van der Waals surface area contributed by atoms with Crippen molar-refractivity contribution in [3.63, 3.8) is 0 Å². The predicted molar refractivity (Wildman–Crippen MR) is 137 cm³/mol. The van der Waals surface area contributed by atoms with E-state index in [0.717, 1.165) is 50.9 Å². The van der Waals surface area contributed by atoms with E-state index >= 15 is 0 Å². The lowest BCUT2D eigenvalue weighted by Crippen LogP contribution is -2.47. The van der Waals surface area contributed by atoms with E-state index in [9.17, 15) is 9.59 Å². The zero-order valence-corrected chi connectivity index (χ0v) is 20.2. The zero-order chi connectivity index (χ0) is 24.0. The van der Waals surface area contributed by atoms with Crippen molar-refractivity contribution in [2.75, 3.05) is 26.2 Å². The van der Waals surface area contributed by atoms with Crippen LogP contribution in [0.4, 0.5) is 0 Å². The molecule has 0 bridgehead atoms. The van der Waals surface area contributed by atoms with Crippen LogP contribution in [-0.2, 0) is 22.7 Å². The van der Waals surface area contributed by atoms with Crippen molar-refractivity contribution >= 4 is 22.6 Å². The van der Waals surface area contributed by atoms with E-state index in [0.29, 0.717) is 19.6 Å². The first-order chi connectivity index (χ1) is 17.2. The smallest absolute Gasteiger partial charge is 0.225 e. The molecule has 0 spiro atoms. The summed E-state index contributed by atoms with van der Waals surface area (Å²) < 4.78 is 0. The van der Waals surface area contributed by atoms with Crippen LogP contribution in [0.1, 0.15) is 36.8 Å². The van der Waals surface area contributed by atoms with Gasteiger partial charge in [-0.1, -0.05) is 36.4 Å². The highest BCUT2D eigenvalue weighted by atomic mass is 16.2. The van der Waals surface area contributed by atoms with Crippen LogP contribution in [0.25, 0.3) is 10.8 Å². The number of benzene rings is 2. The van der Waals surface area contributed by atoms with Crippen LogP contribution < -0.4 is 5.32 Å². The molecule has 2 amide bonds. The third-order valence-electron chi connectivity index (χ3n) is 7.55. The van der Waals surface area contributed by atoms with E-state index in [1.165, 1.54) is 16.3 Å². The Kier molecular flexibility index (Phi) is 7.38. The molecule has 1 aromatic heterocycles. The summed E-state index contributed by atoms with van der Waals surface area (Å²) in [5, 5.41) is 5.51. The van der Waals surface area contributed by atoms with Crippen molar-refractivity contribution < 1.29 is 9.59 Å². The Labute approximate surface area is 207 Å². The minimum Gasteiger partial charge on any atom is -0.352 e. The molecule has 2 fully saturated rings. The molecule has 2 aliphatic heterocycles. The van der Waals surface area contributed by atoms with Gasteiger partial charge in [0.15, 0.2) is 0 Å². The van der Waals surface area contributed by atoms with Crippen LogP contribution in [0.15, 0.2) is 67.0 Å². The second-order valence-electron chi connectivity index (χ2n) is 9.90. The topological polar surface area (TPSA) is 65.5 Å². The molecule has 3 aromatic rings. The number of hydrogen-bond acceptors (Lipinski definition) is 4. The van der Waals surface area contributed by atoms with Gasteiger partial charge in [-0.15, -0.1) is 0 Å². The fourth-order valence-electron chi connectivity index (χ4n) is 5.39. The standard InChI is InChI=1S/C29H34N4O2/c34-28(31-20-23-5-6-24-3-1-2-4-27(24)19-23)25-11-17-33(18-12-25)29(35)26-9-15-32(16-10-26)21-22-7-13-30-14-8-22/h1-8,13-14,19,25-26H,9-12,15-18,20-21H2,(H,31,34). The Morgan fingerprint density at radius 3 is 2.23 bits per heavy atom. The zero-order valence-electron chi connectivity index (χ0n) is 20.2. The van der Waals surface area contributed by atoms with Crippen LogP contribution >= 0.6 is 0 Å². The van der Waals surface area contributed by atoms with Crippen molar-refractivity contribution in [3.05, 3.63) is 78.1 Å². The summed E-state index contributed by atoms with van der Waals surface area (Å²) in [6, 6.07) is 18.7. The summed E-state index contributed by atoms with van der Waals surface area (Å²) >= 11 is 0. The number of nitrogens with one attached hydrogen (secondary N) is 1. The van der Waals surface area contributed by atoms with Gasteiger partial charge in [0.25, 0.3) is 0 Å². The normalized spacial score (nSPS) is 18.0. The molecule has 2 saturated heterocycles. The van der Waals surface area contributed by atoms with E-state index in [1.807, 2.05) is 29.4 Å². The van der Waals surface area contributed by atoms with E-state index in [2.05, 4.69) is 57.7 Å². The minimum absolute atomic E-state index is 0.0123. The van der Waals surface area contributed by atoms with Crippen molar-refractivity contribution in [2.45, 2.75) is 38.8 Å². The van der Waals surface area contributed by atoms with Crippen LogP contribution in [-0.4, -0.2) is 52.8 Å². The second-order valence-corrected chi connectivity index (χ2v) is 9.90. The highest BCUT2D eigenvalue weighted by Gasteiger charge is 2.32. The Bertz CT molecular complexity index is 1150. The Morgan fingerprint density at radius 2 is 1.49 bits per heavy atom.